The van der Waals surface area contributed by atoms with E-state index in [0.717, 1.165) is 11.4 Å². The largest absolute Gasteiger partial charge is 0.373 e. The average Bonchev–Trinajstić information content (AvgIpc) is 2.88. The molecule has 1 atom stereocenters. The molecule has 1 unspecified atom stereocenters. The van der Waals surface area contributed by atoms with Crippen molar-refractivity contribution in [3.8, 4) is 0 Å². The molecule has 0 aromatic carbocycles. The molecular formula is C12H15ClN4OS. The standard InChI is InChI=1S/C12H15ClN4OS/c1-4-8-5-14-11(19-8)7(2)16-9-6-15-17(3)12(18)10(9)13/h5-7,16H,4H2,1-3H3. The van der Waals surface area contributed by atoms with Crippen LogP contribution in [0.2, 0.25) is 5.02 Å². The van der Waals surface area contributed by atoms with E-state index in [2.05, 4.69) is 22.3 Å². The van der Waals surface area contributed by atoms with E-state index in [1.165, 1.54) is 9.56 Å². The number of rotatable bonds is 4. The fourth-order valence-electron chi connectivity index (χ4n) is 1.59. The Hall–Kier alpha value is -1.40. The lowest BCUT2D eigenvalue weighted by Gasteiger charge is -2.13. The molecule has 0 amide bonds. The van der Waals surface area contributed by atoms with Gasteiger partial charge in [0, 0.05) is 18.1 Å². The molecule has 2 aromatic rings. The molecule has 0 aliphatic rings. The molecule has 0 spiro atoms. The van der Waals surface area contributed by atoms with Crippen molar-refractivity contribution in [2.75, 3.05) is 5.32 Å². The number of aryl methyl sites for hydroxylation is 2. The van der Waals surface area contributed by atoms with Crippen molar-refractivity contribution in [2.45, 2.75) is 26.3 Å². The highest BCUT2D eigenvalue weighted by molar-refractivity contribution is 7.11. The third kappa shape index (κ3) is 2.96. The van der Waals surface area contributed by atoms with Crippen LogP contribution in [0, 0.1) is 0 Å². The van der Waals surface area contributed by atoms with Gasteiger partial charge in [-0.25, -0.2) is 9.67 Å². The van der Waals surface area contributed by atoms with Gasteiger partial charge in [0.1, 0.15) is 10.0 Å². The maximum absolute atomic E-state index is 11.7. The van der Waals surface area contributed by atoms with Gasteiger partial charge in [-0.1, -0.05) is 18.5 Å². The minimum atomic E-state index is -0.313. The van der Waals surface area contributed by atoms with Gasteiger partial charge in [-0.3, -0.25) is 4.79 Å². The van der Waals surface area contributed by atoms with Gasteiger partial charge in [-0.05, 0) is 13.3 Å². The summed E-state index contributed by atoms with van der Waals surface area (Å²) in [6.45, 7) is 4.07. The second-order valence-corrected chi connectivity index (χ2v) is 5.71. The Labute approximate surface area is 120 Å². The molecule has 0 aliphatic heterocycles. The molecule has 7 heteroatoms. The van der Waals surface area contributed by atoms with E-state index in [4.69, 9.17) is 11.6 Å². The average molecular weight is 299 g/mol. The Bertz CT molecular complexity index is 637. The minimum Gasteiger partial charge on any atom is -0.373 e. The summed E-state index contributed by atoms with van der Waals surface area (Å²) in [5, 5.41) is 8.24. The van der Waals surface area contributed by atoms with E-state index in [0.29, 0.717) is 5.69 Å². The summed E-state index contributed by atoms with van der Waals surface area (Å²) in [7, 11) is 1.57. The number of halogens is 1. The molecule has 2 rings (SSSR count). The first-order chi connectivity index (χ1) is 9.02. The molecule has 0 aliphatic carbocycles. The normalized spacial score (nSPS) is 12.4. The number of nitrogens with one attached hydrogen (secondary N) is 1. The topological polar surface area (TPSA) is 59.8 Å². The number of nitrogens with zero attached hydrogens (tertiary/aromatic N) is 3. The van der Waals surface area contributed by atoms with Crippen LogP contribution in [-0.4, -0.2) is 14.8 Å². The van der Waals surface area contributed by atoms with Gasteiger partial charge < -0.3 is 5.32 Å². The molecule has 2 aromatic heterocycles. The summed E-state index contributed by atoms with van der Waals surface area (Å²) >= 11 is 7.66. The van der Waals surface area contributed by atoms with Crippen molar-refractivity contribution in [1.82, 2.24) is 14.8 Å². The Morgan fingerprint density at radius 1 is 1.53 bits per heavy atom. The summed E-state index contributed by atoms with van der Waals surface area (Å²) in [5.41, 5.74) is 0.220. The highest BCUT2D eigenvalue weighted by Crippen LogP contribution is 2.25. The van der Waals surface area contributed by atoms with Crippen LogP contribution in [0.15, 0.2) is 17.2 Å². The Morgan fingerprint density at radius 2 is 2.26 bits per heavy atom. The number of hydrogen-bond acceptors (Lipinski definition) is 5. The summed E-state index contributed by atoms with van der Waals surface area (Å²) in [6.07, 6.45) is 4.40. The molecule has 5 nitrogen and oxygen atoms in total. The molecule has 102 valence electrons. The van der Waals surface area contributed by atoms with Crippen LogP contribution in [-0.2, 0) is 13.5 Å². The third-order valence-electron chi connectivity index (χ3n) is 2.74. The molecule has 0 fully saturated rings. The van der Waals surface area contributed by atoms with Crippen molar-refractivity contribution in [3.63, 3.8) is 0 Å². The van der Waals surface area contributed by atoms with E-state index >= 15 is 0 Å². The zero-order valence-electron chi connectivity index (χ0n) is 11.0. The molecule has 1 N–H and O–H groups in total. The summed E-state index contributed by atoms with van der Waals surface area (Å²) < 4.78 is 1.21. The fourth-order valence-corrected chi connectivity index (χ4v) is 2.68. The molecule has 0 bridgehead atoms. The van der Waals surface area contributed by atoms with Gasteiger partial charge >= 0.3 is 0 Å². The second kappa shape index (κ2) is 5.71. The van der Waals surface area contributed by atoms with Crippen molar-refractivity contribution in [2.24, 2.45) is 7.05 Å². The van der Waals surface area contributed by atoms with Gasteiger partial charge in [-0.2, -0.15) is 5.10 Å². The highest BCUT2D eigenvalue weighted by Gasteiger charge is 2.14. The van der Waals surface area contributed by atoms with E-state index < -0.39 is 0 Å². The van der Waals surface area contributed by atoms with Crippen molar-refractivity contribution in [1.29, 1.82) is 0 Å². The minimum absolute atomic E-state index is 0.0169. The van der Waals surface area contributed by atoms with Gasteiger partial charge in [0.15, 0.2) is 0 Å². The van der Waals surface area contributed by atoms with Crippen LogP contribution in [0.25, 0.3) is 0 Å². The predicted molar refractivity (Wildman–Crippen MR) is 78.0 cm³/mol. The number of hydrogen-bond donors (Lipinski definition) is 1. The first kappa shape index (κ1) is 14.0. The van der Waals surface area contributed by atoms with E-state index in [1.54, 1.807) is 24.6 Å². The summed E-state index contributed by atoms with van der Waals surface area (Å²) in [6, 6.07) is -0.0169. The fraction of sp³-hybridized carbons (Fsp3) is 0.417. The first-order valence-corrected chi connectivity index (χ1v) is 7.15. The third-order valence-corrected chi connectivity index (χ3v) is 4.43. The molecule has 0 saturated carbocycles. The molecule has 19 heavy (non-hydrogen) atoms. The zero-order chi connectivity index (χ0) is 14.0. The van der Waals surface area contributed by atoms with Crippen LogP contribution in [0.3, 0.4) is 0 Å². The second-order valence-electron chi connectivity index (χ2n) is 4.19. The van der Waals surface area contributed by atoms with Gasteiger partial charge in [0.25, 0.3) is 5.56 Å². The van der Waals surface area contributed by atoms with Crippen LogP contribution < -0.4 is 10.9 Å². The monoisotopic (exact) mass is 298 g/mol. The smallest absolute Gasteiger partial charge is 0.287 e. The zero-order valence-corrected chi connectivity index (χ0v) is 12.5. The quantitative estimate of drug-likeness (QED) is 0.942. The lowest BCUT2D eigenvalue weighted by molar-refractivity contribution is 0.706. The Morgan fingerprint density at radius 3 is 2.89 bits per heavy atom. The molecular weight excluding hydrogens is 284 g/mol. The Kier molecular flexibility index (Phi) is 4.21. The number of thiazole rings is 1. The lowest BCUT2D eigenvalue weighted by Crippen LogP contribution is -2.21. The Balaban J connectivity index is 2.21. The van der Waals surface area contributed by atoms with E-state index in [1.807, 2.05) is 13.1 Å². The van der Waals surface area contributed by atoms with E-state index in [9.17, 15) is 4.79 Å². The predicted octanol–water partition coefficient (Wildman–Crippen LogP) is 2.63. The molecule has 0 radical (unpaired) electrons. The van der Waals surface area contributed by atoms with Crippen LogP contribution >= 0.6 is 22.9 Å². The first-order valence-electron chi connectivity index (χ1n) is 5.95. The highest BCUT2D eigenvalue weighted by atomic mass is 35.5. The summed E-state index contributed by atoms with van der Waals surface area (Å²) in [4.78, 5) is 17.3. The molecule has 2 heterocycles. The van der Waals surface area contributed by atoms with Gasteiger partial charge in [0.2, 0.25) is 0 Å². The number of aromatic nitrogens is 3. The SMILES string of the molecule is CCc1cnc(C(C)Nc2cnn(C)c(=O)c2Cl)s1. The maximum atomic E-state index is 11.7. The van der Waals surface area contributed by atoms with Crippen molar-refractivity contribution >= 4 is 28.6 Å². The molecule has 0 saturated heterocycles. The van der Waals surface area contributed by atoms with Crippen LogP contribution in [0.5, 0.6) is 0 Å². The number of anilines is 1. The van der Waals surface area contributed by atoms with Crippen molar-refractivity contribution < 1.29 is 0 Å². The van der Waals surface area contributed by atoms with Crippen LogP contribution in [0.1, 0.15) is 29.8 Å². The van der Waals surface area contributed by atoms with Crippen LogP contribution in [0.4, 0.5) is 5.69 Å². The van der Waals surface area contributed by atoms with Crippen molar-refractivity contribution in [3.05, 3.63) is 37.7 Å². The van der Waals surface area contributed by atoms with E-state index in [-0.39, 0.29) is 16.6 Å². The van der Waals surface area contributed by atoms with Gasteiger partial charge in [-0.15, -0.1) is 11.3 Å². The van der Waals surface area contributed by atoms with Gasteiger partial charge in [0.05, 0.1) is 17.9 Å². The summed E-state index contributed by atoms with van der Waals surface area (Å²) in [5.74, 6) is 0. The maximum Gasteiger partial charge on any atom is 0.287 e. The lowest BCUT2D eigenvalue weighted by atomic mass is 10.3.